The topological polar surface area (TPSA) is 24.9 Å². The van der Waals surface area contributed by atoms with Crippen LogP contribution in [0.2, 0.25) is 0 Å². The van der Waals surface area contributed by atoms with Crippen molar-refractivity contribution in [3.05, 3.63) is 18.3 Å². The van der Waals surface area contributed by atoms with Gasteiger partial charge in [-0.3, -0.25) is 0 Å². The van der Waals surface area contributed by atoms with Gasteiger partial charge in [-0.2, -0.15) is 0 Å². The van der Waals surface area contributed by atoms with Crippen molar-refractivity contribution in [1.82, 2.24) is 4.98 Å². The van der Waals surface area contributed by atoms with Gasteiger partial charge in [0.1, 0.15) is 0 Å². The van der Waals surface area contributed by atoms with Crippen molar-refractivity contribution in [2.75, 3.05) is 5.32 Å². The zero-order valence-corrected chi connectivity index (χ0v) is 9.90. The first-order chi connectivity index (χ1) is 6.11. The van der Waals surface area contributed by atoms with Crippen LogP contribution in [-0.4, -0.2) is 11.0 Å². The van der Waals surface area contributed by atoms with Gasteiger partial charge in [0, 0.05) is 0 Å². The van der Waals surface area contributed by atoms with E-state index in [-0.39, 0.29) is 0 Å². The molecule has 76 valence electrons. The number of hydrogen-bond acceptors (Lipinski definition) is 2. The molecule has 0 fully saturated rings. The third-order valence-electron chi connectivity index (χ3n) is 1.30. The third kappa shape index (κ3) is 3.35. The van der Waals surface area contributed by atoms with Crippen LogP contribution in [0.25, 0.3) is 0 Å². The molecule has 1 rings (SSSR count). The van der Waals surface area contributed by atoms with Gasteiger partial charge in [-0.05, 0) is 0 Å². The minimum absolute atomic E-state index is 0.330. The van der Waals surface area contributed by atoms with Crippen molar-refractivity contribution in [3.8, 4) is 0 Å². The van der Waals surface area contributed by atoms with Crippen LogP contribution in [0.3, 0.4) is 0 Å². The van der Waals surface area contributed by atoms with Gasteiger partial charge in [0.2, 0.25) is 0 Å². The molecule has 0 aliphatic carbocycles. The minimum atomic E-state index is -1.11. The Labute approximate surface area is 90.9 Å². The zero-order valence-electron chi connectivity index (χ0n) is 7.35. The first kappa shape index (κ1) is 11.1. The van der Waals surface area contributed by atoms with Gasteiger partial charge in [0.15, 0.2) is 0 Å². The summed E-state index contributed by atoms with van der Waals surface area (Å²) >= 11 is -1.11. The second kappa shape index (κ2) is 5.05. The van der Waals surface area contributed by atoms with Crippen LogP contribution < -0.4 is 9.81 Å². The van der Waals surface area contributed by atoms with Crippen LogP contribution in [-0.2, 0) is 11.9 Å². The SMILES string of the molecule is CC(C)Nc1nccc[c]1[Co]([Cl])[Cl]. The first-order valence-electron chi connectivity index (χ1n) is 3.80. The Balaban J connectivity index is 2.91. The van der Waals surface area contributed by atoms with Crippen molar-refractivity contribution in [3.63, 3.8) is 0 Å². The molecule has 1 heterocycles. The van der Waals surface area contributed by atoms with Gasteiger partial charge in [-0.1, -0.05) is 0 Å². The van der Waals surface area contributed by atoms with E-state index in [9.17, 15) is 0 Å². The van der Waals surface area contributed by atoms with Crippen molar-refractivity contribution >= 4 is 30.6 Å². The number of hydrogen-bond donors (Lipinski definition) is 1. The molecule has 13 heavy (non-hydrogen) atoms. The summed E-state index contributed by atoms with van der Waals surface area (Å²) in [7, 11) is 11.7. The van der Waals surface area contributed by atoms with Crippen LogP contribution in [0, 0.1) is 0 Å². The molecule has 0 aliphatic rings. The Hall–Kier alpha value is 0.0365. The van der Waals surface area contributed by atoms with Crippen LogP contribution >= 0.6 is 20.3 Å². The monoisotopic (exact) mass is 264 g/mol. The molecule has 0 radical (unpaired) electrons. The molecule has 5 heteroatoms. The predicted octanol–water partition coefficient (Wildman–Crippen LogP) is 2.45. The van der Waals surface area contributed by atoms with Crippen molar-refractivity contribution < 1.29 is 11.9 Å². The summed E-state index contributed by atoms with van der Waals surface area (Å²) in [5.41, 5.74) is 0. The number of halogens is 2. The van der Waals surface area contributed by atoms with E-state index in [2.05, 4.69) is 10.3 Å². The third-order valence-corrected chi connectivity index (χ3v) is 3.26. The second-order valence-electron chi connectivity index (χ2n) is 2.78. The number of nitrogens with one attached hydrogen (secondary N) is 1. The molecule has 0 atom stereocenters. The number of nitrogens with zero attached hydrogens (tertiary/aromatic N) is 1. The summed E-state index contributed by atoms with van der Waals surface area (Å²) in [5.74, 6) is 0.785. The Kier molecular flexibility index (Phi) is 4.32. The molecule has 0 aromatic carbocycles. The fraction of sp³-hybridized carbons (Fsp3) is 0.375. The predicted molar refractivity (Wildman–Crippen MR) is 54.3 cm³/mol. The molecule has 0 bridgehead atoms. The molecule has 2 nitrogen and oxygen atoms in total. The van der Waals surface area contributed by atoms with Gasteiger partial charge in [0.25, 0.3) is 0 Å². The van der Waals surface area contributed by atoms with Crippen LogP contribution in [0.1, 0.15) is 13.8 Å². The van der Waals surface area contributed by atoms with Gasteiger partial charge >= 0.3 is 91.0 Å². The second-order valence-corrected chi connectivity index (χ2v) is 6.50. The average molecular weight is 265 g/mol. The fourth-order valence-corrected chi connectivity index (χ4v) is 2.25. The summed E-state index contributed by atoms with van der Waals surface area (Å²) in [6.07, 6.45) is 1.72. The molecular weight excluding hydrogens is 254 g/mol. The van der Waals surface area contributed by atoms with E-state index in [0.29, 0.717) is 6.04 Å². The summed E-state index contributed by atoms with van der Waals surface area (Å²) < 4.78 is 0.882. The molecule has 0 saturated heterocycles. The molecule has 1 aromatic rings. The standard InChI is InChI=1S/C8H11N2.2ClH.Co/c1-7(2)10-8-5-3-4-6-9-8;;;/h3-4,6-7H,1-2H3,(H,9,10);2*1H;/q;;;+2/p-2. The van der Waals surface area contributed by atoms with Gasteiger partial charge < -0.3 is 0 Å². The van der Waals surface area contributed by atoms with Crippen molar-refractivity contribution in [2.45, 2.75) is 19.9 Å². The first-order valence-corrected chi connectivity index (χ1v) is 7.18. The maximum atomic E-state index is 5.84. The van der Waals surface area contributed by atoms with Crippen molar-refractivity contribution in [1.29, 1.82) is 0 Å². The van der Waals surface area contributed by atoms with E-state index in [4.69, 9.17) is 20.3 Å². The van der Waals surface area contributed by atoms with E-state index >= 15 is 0 Å². The van der Waals surface area contributed by atoms with Crippen LogP contribution in [0.5, 0.6) is 0 Å². The molecule has 0 saturated carbocycles. The normalized spacial score (nSPS) is 11.6. The Morgan fingerprint density at radius 1 is 1.46 bits per heavy atom. The molecule has 1 N–H and O–H groups in total. The van der Waals surface area contributed by atoms with E-state index in [1.54, 1.807) is 6.20 Å². The van der Waals surface area contributed by atoms with Gasteiger partial charge in [-0.25, -0.2) is 0 Å². The van der Waals surface area contributed by atoms with Crippen LogP contribution in [0.4, 0.5) is 5.82 Å². The summed E-state index contributed by atoms with van der Waals surface area (Å²) in [6, 6.07) is 4.06. The average Bonchev–Trinajstić information content (AvgIpc) is 2.03. The van der Waals surface area contributed by atoms with E-state index < -0.39 is 11.9 Å². The number of pyridine rings is 1. The summed E-state index contributed by atoms with van der Waals surface area (Å²) in [6.45, 7) is 4.09. The molecule has 0 aliphatic heterocycles. The zero-order chi connectivity index (χ0) is 9.84. The molecule has 0 amide bonds. The van der Waals surface area contributed by atoms with Gasteiger partial charge in [-0.15, -0.1) is 0 Å². The molecular formula is C8H11Cl2CoN2. The molecule has 0 unspecified atom stereocenters. The Morgan fingerprint density at radius 3 is 2.69 bits per heavy atom. The maximum absolute atomic E-state index is 5.84. The molecule has 1 aromatic heterocycles. The van der Waals surface area contributed by atoms with E-state index in [0.717, 1.165) is 10.3 Å². The van der Waals surface area contributed by atoms with E-state index in [1.165, 1.54) is 0 Å². The fourth-order valence-electron chi connectivity index (χ4n) is 0.857. The number of anilines is 1. The van der Waals surface area contributed by atoms with E-state index in [1.807, 2.05) is 26.0 Å². The van der Waals surface area contributed by atoms with Crippen LogP contribution in [0.15, 0.2) is 18.3 Å². The summed E-state index contributed by atoms with van der Waals surface area (Å²) in [4.78, 5) is 4.18. The Bertz CT molecular complexity index is 279. The molecule has 0 spiro atoms. The number of aromatic nitrogens is 1. The Morgan fingerprint density at radius 2 is 2.15 bits per heavy atom. The van der Waals surface area contributed by atoms with Gasteiger partial charge in [0.05, 0.1) is 0 Å². The number of rotatable bonds is 3. The van der Waals surface area contributed by atoms with Crippen molar-refractivity contribution in [2.24, 2.45) is 0 Å². The summed E-state index contributed by atoms with van der Waals surface area (Å²) in [5, 5.41) is 3.19. The quantitative estimate of drug-likeness (QED) is 0.907.